The van der Waals surface area contributed by atoms with E-state index in [0.29, 0.717) is 18.3 Å². The predicted octanol–water partition coefficient (Wildman–Crippen LogP) is 2.63. The first-order chi connectivity index (χ1) is 9.22. The molecule has 2 aliphatic carbocycles. The molecule has 0 bridgehead atoms. The summed E-state index contributed by atoms with van der Waals surface area (Å²) in [5.41, 5.74) is 7.38. The summed E-state index contributed by atoms with van der Waals surface area (Å²) >= 11 is 1.88. The fraction of sp³-hybridized carbons (Fsp3) is 0.643. The van der Waals surface area contributed by atoms with Crippen LogP contribution < -0.4 is 11.1 Å². The zero-order chi connectivity index (χ0) is 13.3. The third-order valence-corrected chi connectivity index (χ3v) is 5.41. The summed E-state index contributed by atoms with van der Waals surface area (Å²) in [6.07, 6.45) is 6.81. The first-order valence-corrected chi connectivity index (χ1v) is 7.86. The molecule has 1 atom stereocenters. The Balaban J connectivity index is 1.59. The van der Waals surface area contributed by atoms with Crippen LogP contribution in [0, 0.1) is 5.41 Å². The highest BCUT2D eigenvalue weighted by molar-refractivity contribution is 7.10. The van der Waals surface area contributed by atoms with Crippen LogP contribution in [0.5, 0.6) is 0 Å². The SMILES string of the molecule is NC(CC1(CNC2CCCc3sccc32)CC1)=NO. The number of fused-ring (bicyclic) bond motifs is 1. The van der Waals surface area contributed by atoms with Crippen LogP contribution in [0.2, 0.25) is 0 Å². The second-order valence-corrected chi connectivity index (χ2v) is 6.89. The molecule has 3 rings (SSSR count). The molecule has 5 heteroatoms. The highest BCUT2D eigenvalue weighted by atomic mass is 32.1. The topological polar surface area (TPSA) is 70.6 Å². The molecule has 104 valence electrons. The molecule has 1 heterocycles. The van der Waals surface area contributed by atoms with Crippen molar-refractivity contribution in [1.29, 1.82) is 0 Å². The van der Waals surface area contributed by atoms with E-state index in [2.05, 4.69) is 21.9 Å². The molecule has 0 spiro atoms. The van der Waals surface area contributed by atoms with E-state index >= 15 is 0 Å². The Morgan fingerprint density at radius 1 is 1.58 bits per heavy atom. The van der Waals surface area contributed by atoms with Crippen molar-refractivity contribution in [3.05, 3.63) is 21.9 Å². The number of nitrogens with two attached hydrogens (primary N) is 1. The number of nitrogens with one attached hydrogen (secondary N) is 1. The fourth-order valence-corrected chi connectivity index (χ4v) is 4.04. The van der Waals surface area contributed by atoms with Crippen LogP contribution in [0.25, 0.3) is 0 Å². The number of nitrogens with zero attached hydrogens (tertiary/aromatic N) is 1. The monoisotopic (exact) mass is 279 g/mol. The van der Waals surface area contributed by atoms with E-state index in [-0.39, 0.29) is 5.41 Å². The van der Waals surface area contributed by atoms with Crippen LogP contribution in [0.3, 0.4) is 0 Å². The number of oxime groups is 1. The average molecular weight is 279 g/mol. The lowest BCUT2D eigenvalue weighted by Gasteiger charge is -2.26. The van der Waals surface area contributed by atoms with Gasteiger partial charge in [0.1, 0.15) is 5.84 Å². The van der Waals surface area contributed by atoms with E-state index in [9.17, 15) is 0 Å². The molecule has 0 aromatic carbocycles. The highest BCUT2D eigenvalue weighted by Crippen LogP contribution is 2.48. The molecular weight excluding hydrogens is 258 g/mol. The largest absolute Gasteiger partial charge is 0.409 e. The summed E-state index contributed by atoms with van der Waals surface area (Å²) in [5, 5.41) is 17.7. The molecule has 1 aromatic heterocycles. The summed E-state index contributed by atoms with van der Waals surface area (Å²) in [7, 11) is 0. The molecule has 4 nitrogen and oxygen atoms in total. The number of thiophene rings is 1. The molecule has 1 unspecified atom stereocenters. The molecule has 4 N–H and O–H groups in total. The van der Waals surface area contributed by atoms with Crippen molar-refractivity contribution < 1.29 is 5.21 Å². The third-order valence-electron chi connectivity index (χ3n) is 4.42. The van der Waals surface area contributed by atoms with Gasteiger partial charge in [0.05, 0.1) is 0 Å². The zero-order valence-corrected chi connectivity index (χ0v) is 11.9. The Morgan fingerprint density at radius 2 is 2.42 bits per heavy atom. The standard InChI is InChI=1S/C14H21N3OS/c15-13(17-18)8-14(5-6-14)9-16-11-2-1-3-12-10(11)4-7-19-12/h4,7,11,16,18H,1-3,5-6,8-9H2,(H2,15,17). The molecule has 19 heavy (non-hydrogen) atoms. The second kappa shape index (κ2) is 5.13. The summed E-state index contributed by atoms with van der Waals surface area (Å²) in [6, 6.07) is 2.76. The molecule has 0 saturated heterocycles. The van der Waals surface area contributed by atoms with Gasteiger partial charge in [-0.15, -0.1) is 11.3 Å². The first kappa shape index (κ1) is 12.9. The maximum atomic E-state index is 8.69. The van der Waals surface area contributed by atoms with Crippen molar-refractivity contribution in [1.82, 2.24) is 5.32 Å². The lowest BCUT2D eigenvalue weighted by atomic mass is 9.93. The van der Waals surface area contributed by atoms with Crippen LogP contribution in [-0.2, 0) is 6.42 Å². The van der Waals surface area contributed by atoms with Crippen LogP contribution in [0.15, 0.2) is 16.6 Å². The number of aryl methyl sites for hydroxylation is 1. The minimum absolute atomic E-state index is 0.240. The van der Waals surface area contributed by atoms with Gasteiger partial charge in [-0.2, -0.15) is 0 Å². The van der Waals surface area contributed by atoms with E-state index in [1.165, 1.54) is 37.7 Å². The molecule has 1 saturated carbocycles. The molecular formula is C14H21N3OS. The summed E-state index contributed by atoms with van der Waals surface area (Å²) < 4.78 is 0. The van der Waals surface area contributed by atoms with Gasteiger partial charge in [0, 0.05) is 23.9 Å². The van der Waals surface area contributed by atoms with Crippen LogP contribution in [0.4, 0.5) is 0 Å². The van der Waals surface area contributed by atoms with E-state index in [1.807, 2.05) is 11.3 Å². The average Bonchev–Trinajstić information content (AvgIpc) is 3.01. The summed E-state index contributed by atoms with van der Waals surface area (Å²) in [4.78, 5) is 1.55. The highest BCUT2D eigenvalue weighted by Gasteiger charge is 2.43. The second-order valence-electron chi connectivity index (χ2n) is 5.89. The van der Waals surface area contributed by atoms with Crippen LogP contribution >= 0.6 is 11.3 Å². The van der Waals surface area contributed by atoms with Crippen molar-refractivity contribution in [2.45, 2.75) is 44.6 Å². The summed E-state index contributed by atoms with van der Waals surface area (Å²) in [6.45, 7) is 0.975. The molecule has 0 amide bonds. The number of hydrogen-bond acceptors (Lipinski definition) is 4. The number of amidine groups is 1. The van der Waals surface area contributed by atoms with E-state index in [4.69, 9.17) is 10.9 Å². The molecule has 0 radical (unpaired) electrons. The number of hydrogen-bond donors (Lipinski definition) is 3. The van der Waals surface area contributed by atoms with E-state index < -0.39 is 0 Å². The fourth-order valence-electron chi connectivity index (χ4n) is 3.05. The lowest BCUT2D eigenvalue weighted by molar-refractivity contribution is 0.313. The Bertz CT molecular complexity index is 479. The van der Waals surface area contributed by atoms with Crippen molar-refractivity contribution >= 4 is 17.2 Å². The Kier molecular flexibility index (Phi) is 3.50. The molecule has 0 aliphatic heterocycles. The normalized spacial score (nSPS) is 25.1. The molecule has 1 aromatic rings. The van der Waals surface area contributed by atoms with Gasteiger partial charge in [0.15, 0.2) is 0 Å². The minimum atomic E-state index is 0.240. The minimum Gasteiger partial charge on any atom is -0.409 e. The van der Waals surface area contributed by atoms with Crippen molar-refractivity contribution in [2.24, 2.45) is 16.3 Å². The number of rotatable bonds is 5. The Morgan fingerprint density at radius 3 is 3.16 bits per heavy atom. The Hall–Kier alpha value is -1.07. The van der Waals surface area contributed by atoms with Crippen LogP contribution in [0.1, 0.15) is 48.6 Å². The maximum absolute atomic E-state index is 8.69. The Labute approximate surface area is 117 Å². The van der Waals surface area contributed by atoms with Crippen molar-refractivity contribution in [2.75, 3.05) is 6.54 Å². The van der Waals surface area contributed by atoms with E-state index in [0.717, 1.165) is 6.54 Å². The van der Waals surface area contributed by atoms with Crippen molar-refractivity contribution in [3.8, 4) is 0 Å². The summed E-state index contributed by atoms with van der Waals surface area (Å²) in [5.74, 6) is 0.360. The van der Waals surface area contributed by atoms with Gasteiger partial charge in [0.2, 0.25) is 0 Å². The maximum Gasteiger partial charge on any atom is 0.139 e. The van der Waals surface area contributed by atoms with Gasteiger partial charge in [-0.05, 0) is 54.5 Å². The third kappa shape index (κ3) is 2.77. The van der Waals surface area contributed by atoms with Gasteiger partial charge in [-0.3, -0.25) is 0 Å². The quantitative estimate of drug-likeness (QED) is 0.336. The molecule has 2 aliphatic rings. The first-order valence-electron chi connectivity index (χ1n) is 6.98. The van der Waals surface area contributed by atoms with Gasteiger partial charge >= 0.3 is 0 Å². The van der Waals surface area contributed by atoms with Crippen molar-refractivity contribution in [3.63, 3.8) is 0 Å². The van der Waals surface area contributed by atoms with Gasteiger partial charge in [-0.1, -0.05) is 5.16 Å². The van der Waals surface area contributed by atoms with Gasteiger partial charge in [0.25, 0.3) is 0 Å². The lowest BCUT2D eigenvalue weighted by Crippen LogP contribution is -2.32. The van der Waals surface area contributed by atoms with E-state index in [1.54, 1.807) is 4.88 Å². The zero-order valence-electron chi connectivity index (χ0n) is 11.1. The molecule has 1 fully saturated rings. The predicted molar refractivity (Wildman–Crippen MR) is 77.7 cm³/mol. The van der Waals surface area contributed by atoms with Crippen LogP contribution in [-0.4, -0.2) is 17.6 Å². The smallest absolute Gasteiger partial charge is 0.139 e. The van der Waals surface area contributed by atoms with Gasteiger partial charge in [-0.25, -0.2) is 0 Å². The van der Waals surface area contributed by atoms with Gasteiger partial charge < -0.3 is 16.3 Å².